The third-order valence-electron chi connectivity index (χ3n) is 5.42. The second-order valence-electron chi connectivity index (χ2n) is 7.43. The number of benzene rings is 1. The predicted octanol–water partition coefficient (Wildman–Crippen LogP) is 1.49. The zero-order valence-corrected chi connectivity index (χ0v) is 19.2. The van der Waals surface area contributed by atoms with Crippen molar-refractivity contribution >= 4 is 21.8 Å². The van der Waals surface area contributed by atoms with E-state index in [0.717, 1.165) is 17.0 Å². The van der Waals surface area contributed by atoms with Crippen LogP contribution in [0.15, 0.2) is 57.3 Å². The molecule has 0 saturated heterocycles. The lowest BCUT2D eigenvalue weighted by Gasteiger charge is -2.21. The summed E-state index contributed by atoms with van der Waals surface area (Å²) in [6.07, 6.45) is 5.88. The van der Waals surface area contributed by atoms with Crippen LogP contribution in [-0.4, -0.2) is 51.6 Å². The van der Waals surface area contributed by atoms with Gasteiger partial charge >= 0.3 is 5.69 Å². The van der Waals surface area contributed by atoms with Gasteiger partial charge in [0.05, 0.1) is 16.8 Å². The minimum atomic E-state index is -3.68. The van der Waals surface area contributed by atoms with E-state index in [4.69, 9.17) is 0 Å². The van der Waals surface area contributed by atoms with Crippen LogP contribution in [0.3, 0.4) is 0 Å². The number of nitrogens with zero attached hydrogens (tertiary/aromatic N) is 4. The molecule has 11 heteroatoms. The lowest BCUT2D eigenvalue weighted by atomic mass is 10.2. The van der Waals surface area contributed by atoms with Crippen LogP contribution in [0.2, 0.25) is 0 Å². The van der Waals surface area contributed by atoms with Crippen LogP contribution in [-0.2, 0) is 28.7 Å². The lowest BCUT2D eigenvalue weighted by Crippen LogP contribution is -2.37. The van der Waals surface area contributed by atoms with E-state index in [0.29, 0.717) is 36.4 Å². The summed E-state index contributed by atoms with van der Waals surface area (Å²) >= 11 is 1.67. The maximum absolute atomic E-state index is 12.9. The molecule has 9 nitrogen and oxygen atoms in total. The van der Waals surface area contributed by atoms with E-state index in [1.807, 2.05) is 0 Å². The Morgan fingerprint density at radius 3 is 2.69 bits per heavy atom. The Morgan fingerprint density at radius 1 is 1.19 bits per heavy atom. The van der Waals surface area contributed by atoms with Crippen molar-refractivity contribution in [1.82, 2.24) is 23.8 Å². The average molecular weight is 474 g/mol. The van der Waals surface area contributed by atoms with Gasteiger partial charge in [-0.15, -0.1) is 0 Å². The summed E-state index contributed by atoms with van der Waals surface area (Å²) in [5, 5.41) is 0. The first-order valence-corrected chi connectivity index (χ1v) is 12.7. The Hall–Kier alpha value is -2.76. The molecule has 0 fully saturated rings. The SMILES string of the molecule is CN(CCCn1c2c(c(=O)[nH]c1=O)CSCC2)S(=O)(=O)c1ccc(-c2cnccn2)cc1. The van der Waals surface area contributed by atoms with E-state index in [-0.39, 0.29) is 17.0 Å². The normalized spacial score (nSPS) is 13.8. The van der Waals surface area contributed by atoms with Gasteiger partial charge in [0.25, 0.3) is 5.56 Å². The number of sulfonamides is 1. The molecule has 1 aliphatic rings. The Bertz CT molecular complexity index is 1320. The van der Waals surface area contributed by atoms with Crippen LogP contribution in [0.4, 0.5) is 0 Å². The number of hydrogen-bond acceptors (Lipinski definition) is 7. The quantitative estimate of drug-likeness (QED) is 0.552. The Labute approximate surface area is 189 Å². The summed E-state index contributed by atoms with van der Waals surface area (Å²) in [7, 11) is -2.16. The molecule has 168 valence electrons. The van der Waals surface area contributed by atoms with E-state index in [1.54, 1.807) is 59.2 Å². The fraction of sp³-hybridized carbons (Fsp3) is 0.333. The molecule has 1 aliphatic heterocycles. The molecule has 0 saturated carbocycles. The summed E-state index contributed by atoms with van der Waals surface area (Å²) in [4.78, 5) is 35.2. The molecule has 3 aromatic rings. The van der Waals surface area contributed by atoms with Crippen molar-refractivity contribution in [3.63, 3.8) is 0 Å². The molecule has 0 spiro atoms. The predicted molar refractivity (Wildman–Crippen MR) is 123 cm³/mol. The Morgan fingerprint density at radius 2 is 1.97 bits per heavy atom. The van der Waals surface area contributed by atoms with Gasteiger partial charge < -0.3 is 0 Å². The van der Waals surface area contributed by atoms with Gasteiger partial charge in [0.2, 0.25) is 10.0 Å². The van der Waals surface area contributed by atoms with Crippen LogP contribution in [0, 0.1) is 0 Å². The van der Waals surface area contributed by atoms with Gasteiger partial charge in [-0.3, -0.25) is 24.3 Å². The van der Waals surface area contributed by atoms with Gasteiger partial charge in [-0.2, -0.15) is 11.8 Å². The van der Waals surface area contributed by atoms with E-state index >= 15 is 0 Å². The maximum atomic E-state index is 12.9. The highest BCUT2D eigenvalue weighted by Gasteiger charge is 2.22. The number of thioether (sulfide) groups is 1. The highest BCUT2D eigenvalue weighted by Crippen LogP contribution is 2.22. The Balaban J connectivity index is 1.45. The van der Waals surface area contributed by atoms with E-state index in [1.165, 1.54) is 11.4 Å². The number of aromatic amines is 1. The molecule has 0 amide bonds. The number of aromatic nitrogens is 4. The molecule has 32 heavy (non-hydrogen) atoms. The third-order valence-corrected chi connectivity index (χ3v) is 8.28. The molecule has 0 unspecified atom stereocenters. The van der Waals surface area contributed by atoms with Crippen LogP contribution in [0.1, 0.15) is 17.7 Å². The van der Waals surface area contributed by atoms with Gasteiger partial charge in [0, 0.05) is 55.1 Å². The van der Waals surface area contributed by atoms with Crippen molar-refractivity contribution in [3.8, 4) is 11.3 Å². The van der Waals surface area contributed by atoms with Crippen LogP contribution in [0.5, 0.6) is 0 Å². The van der Waals surface area contributed by atoms with E-state index in [2.05, 4.69) is 15.0 Å². The van der Waals surface area contributed by atoms with Crippen molar-refractivity contribution in [2.24, 2.45) is 0 Å². The number of hydrogen-bond donors (Lipinski definition) is 1. The highest BCUT2D eigenvalue weighted by atomic mass is 32.2. The Kier molecular flexibility index (Phi) is 6.58. The molecule has 0 atom stereocenters. The molecular weight excluding hydrogens is 450 g/mol. The monoisotopic (exact) mass is 473 g/mol. The zero-order chi connectivity index (χ0) is 22.7. The number of nitrogens with one attached hydrogen (secondary N) is 1. The van der Waals surface area contributed by atoms with Crippen molar-refractivity contribution < 1.29 is 8.42 Å². The number of rotatable bonds is 7. The van der Waals surface area contributed by atoms with Crippen LogP contribution in [0.25, 0.3) is 11.3 Å². The molecule has 1 N–H and O–H groups in total. The average Bonchev–Trinajstić information content (AvgIpc) is 2.81. The standard InChI is InChI=1S/C21H23N5O4S2/c1-25(10-2-11-26-19-7-12-31-14-17(19)20(27)24-21(26)28)32(29,30)16-5-3-15(4-6-16)18-13-22-8-9-23-18/h3-6,8-9,13H,2,7,10-12,14H2,1H3,(H,24,27,28). The molecule has 4 rings (SSSR count). The highest BCUT2D eigenvalue weighted by molar-refractivity contribution is 7.98. The second-order valence-corrected chi connectivity index (χ2v) is 10.6. The van der Waals surface area contributed by atoms with Crippen molar-refractivity contribution in [2.75, 3.05) is 19.3 Å². The summed E-state index contributed by atoms with van der Waals surface area (Å²) in [5.41, 5.74) is 2.09. The molecule has 0 radical (unpaired) electrons. The van der Waals surface area contributed by atoms with Gasteiger partial charge in [-0.25, -0.2) is 17.5 Å². The fourth-order valence-electron chi connectivity index (χ4n) is 3.67. The lowest BCUT2D eigenvalue weighted by molar-refractivity contribution is 0.439. The first kappa shape index (κ1) is 22.4. The maximum Gasteiger partial charge on any atom is 0.328 e. The second kappa shape index (κ2) is 9.39. The van der Waals surface area contributed by atoms with E-state index in [9.17, 15) is 18.0 Å². The summed E-state index contributed by atoms with van der Waals surface area (Å²) in [5.74, 6) is 1.44. The minimum Gasteiger partial charge on any atom is -0.297 e. The van der Waals surface area contributed by atoms with Gasteiger partial charge in [-0.05, 0) is 30.7 Å². The van der Waals surface area contributed by atoms with Gasteiger partial charge in [0.15, 0.2) is 0 Å². The summed E-state index contributed by atoms with van der Waals surface area (Å²) in [6.45, 7) is 0.581. The topological polar surface area (TPSA) is 118 Å². The first-order valence-electron chi connectivity index (χ1n) is 10.1. The fourth-order valence-corrected chi connectivity index (χ4v) is 5.86. The van der Waals surface area contributed by atoms with Crippen molar-refractivity contribution in [1.29, 1.82) is 0 Å². The summed E-state index contributed by atoms with van der Waals surface area (Å²) < 4.78 is 28.7. The van der Waals surface area contributed by atoms with Gasteiger partial charge in [-0.1, -0.05) is 12.1 Å². The van der Waals surface area contributed by atoms with Crippen LogP contribution < -0.4 is 11.2 Å². The minimum absolute atomic E-state index is 0.184. The molecule has 3 heterocycles. The number of fused-ring (bicyclic) bond motifs is 1. The molecular formula is C21H23N5O4S2. The largest absolute Gasteiger partial charge is 0.328 e. The molecule has 0 aliphatic carbocycles. The smallest absolute Gasteiger partial charge is 0.297 e. The van der Waals surface area contributed by atoms with Crippen molar-refractivity contribution in [2.45, 2.75) is 30.0 Å². The first-order chi connectivity index (χ1) is 15.4. The number of H-pyrrole nitrogens is 1. The zero-order valence-electron chi connectivity index (χ0n) is 17.5. The summed E-state index contributed by atoms with van der Waals surface area (Å²) in [6, 6.07) is 6.51. The molecule has 2 aromatic heterocycles. The van der Waals surface area contributed by atoms with E-state index < -0.39 is 15.7 Å². The van der Waals surface area contributed by atoms with Crippen molar-refractivity contribution in [3.05, 3.63) is 75.0 Å². The molecule has 1 aromatic carbocycles. The molecule has 0 bridgehead atoms. The third kappa shape index (κ3) is 4.54. The van der Waals surface area contributed by atoms with Crippen LogP contribution >= 0.6 is 11.8 Å². The van der Waals surface area contributed by atoms with Gasteiger partial charge in [0.1, 0.15) is 0 Å².